The van der Waals surface area contributed by atoms with Gasteiger partial charge in [0.2, 0.25) is 10.0 Å². The van der Waals surface area contributed by atoms with Crippen molar-refractivity contribution in [1.82, 2.24) is 4.90 Å². The number of hydrogen-bond donors (Lipinski definition) is 1. The monoisotopic (exact) mass is 290 g/mol. The number of nitrogens with zero attached hydrogens (tertiary/aromatic N) is 1. The second-order valence-corrected chi connectivity index (χ2v) is 6.14. The number of halogens is 1. The summed E-state index contributed by atoms with van der Waals surface area (Å²) in [6.07, 6.45) is 0. The molecule has 18 heavy (non-hydrogen) atoms. The molecule has 1 aromatic rings. The Morgan fingerprint density at radius 1 is 1.33 bits per heavy atom. The Kier molecular flexibility index (Phi) is 4.24. The van der Waals surface area contributed by atoms with Crippen molar-refractivity contribution in [3.8, 4) is 0 Å². The van der Waals surface area contributed by atoms with Crippen LogP contribution in [0.3, 0.4) is 0 Å². The molecule has 0 saturated carbocycles. The summed E-state index contributed by atoms with van der Waals surface area (Å²) in [6.45, 7) is 3.92. The number of ether oxygens (including phenoxy) is 1. The third-order valence-corrected chi connectivity index (χ3v) is 4.21. The predicted molar refractivity (Wildman–Crippen MR) is 68.9 cm³/mol. The summed E-state index contributed by atoms with van der Waals surface area (Å²) in [7, 11) is -3.75. The molecule has 0 amide bonds. The number of morpholine rings is 1. The largest absolute Gasteiger partial charge is 0.379 e. The highest BCUT2D eigenvalue weighted by molar-refractivity contribution is 7.89. The van der Waals surface area contributed by atoms with Crippen LogP contribution in [0.4, 0.5) is 0 Å². The lowest BCUT2D eigenvalue weighted by molar-refractivity contribution is 0.0342. The third kappa shape index (κ3) is 3.43. The van der Waals surface area contributed by atoms with Crippen molar-refractivity contribution in [3.05, 3.63) is 28.8 Å². The standard InChI is InChI=1S/C11H15ClN2O3S/c12-10-7-9(1-2-11(10)18(13,15)16)8-14-3-5-17-6-4-14/h1-2,7H,3-6,8H2,(H2,13,15,16). The van der Waals surface area contributed by atoms with Crippen molar-refractivity contribution in [1.29, 1.82) is 0 Å². The first-order chi connectivity index (χ1) is 8.47. The molecule has 2 N–H and O–H groups in total. The van der Waals surface area contributed by atoms with Gasteiger partial charge in [-0.1, -0.05) is 17.7 Å². The number of primary sulfonamides is 1. The van der Waals surface area contributed by atoms with Crippen LogP contribution < -0.4 is 5.14 Å². The third-order valence-electron chi connectivity index (χ3n) is 2.81. The van der Waals surface area contributed by atoms with E-state index in [-0.39, 0.29) is 9.92 Å². The van der Waals surface area contributed by atoms with Crippen molar-refractivity contribution < 1.29 is 13.2 Å². The molecular formula is C11H15ClN2O3S. The summed E-state index contributed by atoms with van der Waals surface area (Å²) in [5.74, 6) is 0. The van der Waals surface area contributed by atoms with Gasteiger partial charge in [0.15, 0.2) is 0 Å². The molecule has 1 aliphatic heterocycles. The van der Waals surface area contributed by atoms with E-state index in [0.29, 0.717) is 0 Å². The summed E-state index contributed by atoms with van der Waals surface area (Å²) >= 11 is 5.93. The van der Waals surface area contributed by atoms with Gasteiger partial charge < -0.3 is 4.74 Å². The number of hydrogen-bond acceptors (Lipinski definition) is 4. The van der Waals surface area contributed by atoms with E-state index in [1.807, 2.05) is 0 Å². The van der Waals surface area contributed by atoms with E-state index >= 15 is 0 Å². The van der Waals surface area contributed by atoms with E-state index < -0.39 is 10.0 Å². The van der Waals surface area contributed by atoms with Gasteiger partial charge in [-0.25, -0.2) is 13.6 Å². The van der Waals surface area contributed by atoms with Crippen molar-refractivity contribution in [2.24, 2.45) is 5.14 Å². The number of benzene rings is 1. The number of nitrogens with two attached hydrogens (primary N) is 1. The van der Waals surface area contributed by atoms with Gasteiger partial charge in [0.1, 0.15) is 4.90 Å². The Bertz CT molecular complexity index is 527. The van der Waals surface area contributed by atoms with Crippen LogP contribution in [-0.4, -0.2) is 39.6 Å². The minimum atomic E-state index is -3.75. The summed E-state index contributed by atoms with van der Waals surface area (Å²) in [5, 5.41) is 5.22. The van der Waals surface area contributed by atoms with Crippen LogP contribution >= 0.6 is 11.6 Å². The maximum absolute atomic E-state index is 11.2. The van der Waals surface area contributed by atoms with E-state index in [2.05, 4.69) is 4.90 Å². The van der Waals surface area contributed by atoms with Gasteiger partial charge >= 0.3 is 0 Å². The second-order valence-electron chi connectivity index (χ2n) is 4.20. The van der Waals surface area contributed by atoms with Crippen molar-refractivity contribution >= 4 is 21.6 Å². The smallest absolute Gasteiger partial charge is 0.239 e. The van der Waals surface area contributed by atoms with Crippen LogP contribution in [0.25, 0.3) is 0 Å². The quantitative estimate of drug-likeness (QED) is 0.894. The van der Waals surface area contributed by atoms with E-state index in [1.54, 1.807) is 12.1 Å². The molecule has 1 heterocycles. The van der Waals surface area contributed by atoms with Gasteiger partial charge in [-0.05, 0) is 17.7 Å². The highest BCUT2D eigenvalue weighted by Gasteiger charge is 2.15. The molecule has 100 valence electrons. The molecule has 1 saturated heterocycles. The van der Waals surface area contributed by atoms with Crippen LogP contribution in [-0.2, 0) is 21.3 Å². The lowest BCUT2D eigenvalue weighted by Crippen LogP contribution is -2.35. The topological polar surface area (TPSA) is 72.6 Å². The average molecular weight is 291 g/mol. The SMILES string of the molecule is NS(=O)(=O)c1ccc(CN2CCOCC2)cc1Cl. The molecule has 1 fully saturated rings. The molecule has 0 aliphatic carbocycles. The summed E-state index contributed by atoms with van der Waals surface area (Å²) < 4.78 is 27.7. The molecule has 0 atom stereocenters. The molecule has 0 bridgehead atoms. The first-order valence-corrected chi connectivity index (χ1v) is 7.50. The normalized spacial score (nSPS) is 17.9. The summed E-state index contributed by atoms with van der Waals surface area (Å²) in [4.78, 5) is 2.20. The molecular weight excluding hydrogens is 276 g/mol. The molecule has 0 radical (unpaired) electrons. The lowest BCUT2D eigenvalue weighted by atomic mass is 10.2. The second kappa shape index (κ2) is 5.54. The lowest BCUT2D eigenvalue weighted by Gasteiger charge is -2.26. The van der Waals surface area contributed by atoms with Crippen LogP contribution in [0.15, 0.2) is 23.1 Å². The van der Waals surface area contributed by atoms with E-state index in [0.717, 1.165) is 38.4 Å². The molecule has 7 heteroatoms. The van der Waals surface area contributed by atoms with Gasteiger partial charge in [0, 0.05) is 19.6 Å². The maximum Gasteiger partial charge on any atom is 0.239 e. The fourth-order valence-corrected chi connectivity index (χ4v) is 3.01. The zero-order chi connectivity index (χ0) is 13.2. The zero-order valence-electron chi connectivity index (χ0n) is 9.80. The van der Waals surface area contributed by atoms with Gasteiger partial charge in [0.25, 0.3) is 0 Å². The fourth-order valence-electron chi connectivity index (χ4n) is 1.89. The highest BCUT2D eigenvalue weighted by atomic mass is 35.5. The Hall–Kier alpha value is -0.660. The molecule has 0 spiro atoms. The van der Waals surface area contributed by atoms with Gasteiger partial charge in [-0.2, -0.15) is 0 Å². The molecule has 2 rings (SSSR count). The molecule has 1 aromatic carbocycles. The van der Waals surface area contributed by atoms with Crippen LogP contribution in [0, 0.1) is 0 Å². The minimum Gasteiger partial charge on any atom is -0.379 e. The van der Waals surface area contributed by atoms with Crippen LogP contribution in [0.2, 0.25) is 5.02 Å². The zero-order valence-corrected chi connectivity index (χ0v) is 11.4. The van der Waals surface area contributed by atoms with E-state index in [9.17, 15) is 8.42 Å². The van der Waals surface area contributed by atoms with Crippen molar-refractivity contribution in [2.75, 3.05) is 26.3 Å². The Morgan fingerprint density at radius 2 is 2.00 bits per heavy atom. The molecule has 5 nitrogen and oxygen atoms in total. The minimum absolute atomic E-state index is 0.0325. The first-order valence-electron chi connectivity index (χ1n) is 5.58. The fraction of sp³-hybridized carbons (Fsp3) is 0.455. The molecule has 0 unspecified atom stereocenters. The molecule has 1 aliphatic rings. The Balaban J connectivity index is 2.13. The Labute approximate surface area is 112 Å². The Morgan fingerprint density at radius 3 is 2.56 bits per heavy atom. The van der Waals surface area contributed by atoms with Crippen molar-refractivity contribution in [2.45, 2.75) is 11.4 Å². The van der Waals surface area contributed by atoms with E-state index in [4.69, 9.17) is 21.5 Å². The van der Waals surface area contributed by atoms with Gasteiger partial charge in [0.05, 0.1) is 18.2 Å². The maximum atomic E-state index is 11.2. The highest BCUT2D eigenvalue weighted by Crippen LogP contribution is 2.22. The predicted octanol–water partition coefficient (Wildman–Crippen LogP) is 0.820. The van der Waals surface area contributed by atoms with Gasteiger partial charge in [-0.15, -0.1) is 0 Å². The number of rotatable bonds is 3. The van der Waals surface area contributed by atoms with Crippen LogP contribution in [0.1, 0.15) is 5.56 Å². The van der Waals surface area contributed by atoms with E-state index in [1.165, 1.54) is 6.07 Å². The summed E-state index contributed by atoms with van der Waals surface area (Å²) in [6, 6.07) is 4.84. The van der Waals surface area contributed by atoms with Crippen molar-refractivity contribution in [3.63, 3.8) is 0 Å². The first kappa shape index (κ1) is 13.8. The number of sulfonamides is 1. The molecule has 0 aromatic heterocycles. The average Bonchev–Trinajstić information content (AvgIpc) is 2.28. The van der Waals surface area contributed by atoms with Crippen LogP contribution in [0.5, 0.6) is 0 Å². The summed E-state index contributed by atoms with van der Waals surface area (Å²) in [5.41, 5.74) is 0.967. The van der Waals surface area contributed by atoms with Gasteiger partial charge in [-0.3, -0.25) is 4.90 Å².